The summed E-state index contributed by atoms with van der Waals surface area (Å²) in [5, 5.41) is 3.59. The number of benzene rings is 1. The fourth-order valence-electron chi connectivity index (χ4n) is 3.01. The largest absolute Gasteiger partial charge is 0.450 e. The molecule has 1 amide bonds. The average Bonchev–Trinajstić information content (AvgIpc) is 3.05. The van der Waals surface area contributed by atoms with Gasteiger partial charge in [-0.3, -0.25) is 0 Å². The number of isothiocyanates is 1. The van der Waals surface area contributed by atoms with Gasteiger partial charge in [0.05, 0.1) is 38.4 Å². The molecule has 144 valence electrons. The third-order valence-corrected chi connectivity index (χ3v) is 5.97. The van der Waals surface area contributed by atoms with E-state index in [0.29, 0.717) is 32.8 Å². The number of ether oxygens (including phenoxy) is 1. The van der Waals surface area contributed by atoms with Crippen LogP contribution >= 0.6 is 23.6 Å². The number of rotatable bonds is 3. The Labute approximate surface area is 168 Å². The van der Waals surface area contributed by atoms with Crippen LogP contribution in [0.3, 0.4) is 0 Å². The molecular weight excluding hydrogens is 380 g/mol. The molecule has 1 aromatic carbocycles. The number of thiocarbonyl (C=S) groups is 1. The van der Waals surface area contributed by atoms with Crippen molar-refractivity contribution in [2.75, 3.05) is 37.7 Å². The van der Waals surface area contributed by atoms with Gasteiger partial charge in [-0.1, -0.05) is 20.8 Å². The van der Waals surface area contributed by atoms with Crippen LogP contribution in [0, 0.1) is 0 Å². The first-order valence-electron chi connectivity index (χ1n) is 9.03. The van der Waals surface area contributed by atoms with Crippen molar-refractivity contribution in [3.05, 3.63) is 17.1 Å². The maximum absolute atomic E-state index is 11.9. The third kappa shape index (κ3) is 4.29. The lowest BCUT2D eigenvalue weighted by Crippen LogP contribution is -2.49. The topological polar surface area (TPSA) is 58.0 Å². The molecule has 0 N–H and O–H groups in total. The lowest BCUT2D eigenvalue weighted by molar-refractivity contribution is 0.105. The van der Waals surface area contributed by atoms with E-state index in [1.807, 2.05) is 13.0 Å². The molecule has 0 atom stereocenters. The van der Waals surface area contributed by atoms with Gasteiger partial charge in [-0.2, -0.15) is 4.99 Å². The van der Waals surface area contributed by atoms with Gasteiger partial charge >= 0.3 is 6.09 Å². The Morgan fingerprint density at radius 1 is 1.33 bits per heavy atom. The number of carbonyl (C=O) groups excluding carboxylic acids is 1. The van der Waals surface area contributed by atoms with E-state index in [4.69, 9.17) is 21.9 Å². The first-order valence-corrected chi connectivity index (χ1v) is 10.3. The lowest BCUT2D eigenvalue weighted by Gasteiger charge is -2.35. The van der Waals surface area contributed by atoms with Crippen LogP contribution in [0.2, 0.25) is 0 Å². The number of hydrogen-bond donors (Lipinski definition) is 0. The number of aromatic nitrogens is 1. The van der Waals surface area contributed by atoms with E-state index in [9.17, 15) is 4.79 Å². The molecule has 3 rings (SSSR count). The fraction of sp³-hybridized carbons (Fsp3) is 0.526. The first kappa shape index (κ1) is 19.7. The molecule has 0 spiro atoms. The van der Waals surface area contributed by atoms with Gasteiger partial charge in [0.25, 0.3) is 0 Å². The molecule has 2 heterocycles. The van der Waals surface area contributed by atoms with E-state index in [1.54, 1.807) is 16.2 Å². The number of amides is 1. The van der Waals surface area contributed by atoms with Gasteiger partial charge in [0.2, 0.25) is 0 Å². The van der Waals surface area contributed by atoms with E-state index in [1.165, 1.54) is 0 Å². The standard InChI is InChI=1S/C19H24N4O2S2/c1-5-25-18(24)23-8-6-22(7-9-23)15-10-14-16(11-13(15)20-12-26)27-17(21-14)19(2,3)4/h10-11H,5-9H2,1-4H3. The Hall–Kier alpha value is -2.02. The van der Waals surface area contributed by atoms with Crippen LogP contribution in [0.4, 0.5) is 16.2 Å². The van der Waals surface area contributed by atoms with Crippen LogP contribution in [0.5, 0.6) is 0 Å². The smallest absolute Gasteiger partial charge is 0.409 e. The molecule has 0 unspecified atom stereocenters. The number of carbonyl (C=O) groups is 1. The van der Waals surface area contributed by atoms with E-state index in [0.717, 1.165) is 26.6 Å². The molecule has 1 fully saturated rings. The summed E-state index contributed by atoms with van der Waals surface area (Å²) in [6.07, 6.45) is -0.251. The second-order valence-corrected chi connectivity index (χ2v) is 8.67. The van der Waals surface area contributed by atoms with Gasteiger partial charge in [0.1, 0.15) is 0 Å². The van der Waals surface area contributed by atoms with Crippen LogP contribution in [-0.2, 0) is 10.2 Å². The third-order valence-electron chi connectivity index (χ3n) is 4.44. The lowest BCUT2D eigenvalue weighted by atomic mass is 9.98. The number of piperazine rings is 1. The molecule has 1 aliphatic rings. The number of nitrogens with zero attached hydrogens (tertiary/aromatic N) is 4. The summed E-state index contributed by atoms with van der Waals surface area (Å²) in [4.78, 5) is 25.0. The van der Waals surface area contributed by atoms with E-state index < -0.39 is 0 Å². The Morgan fingerprint density at radius 2 is 2.04 bits per heavy atom. The van der Waals surface area contributed by atoms with Crippen LogP contribution in [0.1, 0.15) is 32.7 Å². The summed E-state index contributed by atoms with van der Waals surface area (Å²) < 4.78 is 6.19. The Kier molecular flexibility index (Phi) is 5.79. The SMILES string of the molecule is CCOC(=O)N1CCN(c2cc3nc(C(C)(C)C)sc3cc2N=C=S)CC1. The monoisotopic (exact) mass is 404 g/mol. The van der Waals surface area contributed by atoms with Crippen molar-refractivity contribution in [3.63, 3.8) is 0 Å². The molecule has 27 heavy (non-hydrogen) atoms. The molecule has 0 radical (unpaired) electrons. The maximum atomic E-state index is 11.9. The average molecular weight is 405 g/mol. The highest BCUT2D eigenvalue weighted by Gasteiger charge is 2.25. The number of fused-ring (bicyclic) bond motifs is 1. The van der Waals surface area contributed by atoms with E-state index in [2.05, 4.69) is 41.9 Å². The molecule has 0 aliphatic carbocycles. The van der Waals surface area contributed by atoms with Crippen molar-refractivity contribution in [1.29, 1.82) is 0 Å². The van der Waals surface area contributed by atoms with Crippen molar-refractivity contribution < 1.29 is 9.53 Å². The minimum absolute atomic E-state index is 0.00267. The van der Waals surface area contributed by atoms with Crippen molar-refractivity contribution in [3.8, 4) is 0 Å². The molecule has 6 nitrogen and oxygen atoms in total. The quantitative estimate of drug-likeness (QED) is 0.552. The highest BCUT2D eigenvalue weighted by molar-refractivity contribution is 7.78. The summed E-state index contributed by atoms with van der Waals surface area (Å²) in [5.41, 5.74) is 2.75. The van der Waals surface area contributed by atoms with Crippen molar-refractivity contribution in [2.45, 2.75) is 33.1 Å². The number of thiazole rings is 1. The second kappa shape index (κ2) is 7.92. The molecular formula is C19H24N4O2S2. The number of anilines is 1. The predicted octanol–water partition coefficient (Wildman–Crippen LogP) is 4.61. The van der Waals surface area contributed by atoms with Gasteiger partial charge in [0, 0.05) is 31.6 Å². The minimum Gasteiger partial charge on any atom is -0.450 e. The Balaban J connectivity index is 1.90. The summed E-state index contributed by atoms with van der Waals surface area (Å²) >= 11 is 6.54. The Morgan fingerprint density at radius 3 is 2.63 bits per heavy atom. The van der Waals surface area contributed by atoms with Crippen LogP contribution in [0.25, 0.3) is 10.2 Å². The molecule has 1 saturated heterocycles. The number of aliphatic imine (C=N–C) groups is 1. The van der Waals surface area contributed by atoms with E-state index in [-0.39, 0.29) is 11.5 Å². The first-order chi connectivity index (χ1) is 12.8. The van der Waals surface area contributed by atoms with Gasteiger partial charge in [-0.05, 0) is 31.3 Å². The van der Waals surface area contributed by atoms with Gasteiger partial charge in [-0.25, -0.2) is 9.78 Å². The zero-order valence-electron chi connectivity index (χ0n) is 16.1. The van der Waals surface area contributed by atoms with Crippen LogP contribution < -0.4 is 4.90 Å². The van der Waals surface area contributed by atoms with Crippen LogP contribution in [-0.4, -0.2) is 53.9 Å². The Bertz CT molecular complexity index is 889. The van der Waals surface area contributed by atoms with Crippen LogP contribution in [0.15, 0.2) is 17.1 Å². The van der Waals surface area contributed by atoms with E-state index >= 15 is 0 Å². The van der Waals surface area contributed by atoms with Gasteiger partial charge < -0.3 is 14.5 Å². The maximum Gasteiger partial charge on any atom is 0.409 e. The van der Waals surface area contributed by atoms with Gasteiger partial charge in [-0.15, -0.1) is 11.3 Å². The highest BCUT2D eigenvalue weighted by atomic mass is 32.1. The number of hydrogen-bond acceptors (Lipinski definition) is 7. The molecule has 0 saturated carbocycles. The molecule has 1 aliphatic heterocycles. The second-order valence-electron chi connectivity index (χ2n) is 7.45. The summed E-state index contributed by atoms with van der Waals surface area (Å²) in [7, 11) is 0. The van der Waals surface area contributed by atoms with Crippen molar-refractivity contribution in [2.24, 2.45) is 4.99 Å². The molecule has 2 aromatic rings. The zero-order chi connectivity index (χ0) is 19.6. The normalized spacial score (nSPS) is 15.0. The molecule has 1 aromatic heterocycles. The minimum atomic E-state index is -0.251. The zero-order valence-corrected chi connectivity index (χ0v) is 17.7. The van der Waals surface area contributed by atoms with Crippen molar-refractivity contribution in [1.82, 2.24) is 9.88 Å². The summed E-state index contributed by atoms with van der Waals surface area (Å²) in [5.74, 6) is 0. The highest BCUT2D eigenvalue weighted by Crippen LogP contribution is 2.38. The fourth-order valence-corrected chi connectivity index (χ4v) is 4.15. The molecule has 0 bridgehead atoms. The summed E-state index contributed by atoms with van der Waals surface area (Å²) in [6, 6.07) is 4.11. The molecule has 8 heteroatoms. The predicted molar refractivity (Wildman–Crippen MR) is 114 cm³/mol. The van der Waals surface area contributed by atoms with Gasteiger partial charge in [0.15, 0.2) is 0 Å². The van der Waals surface area contributed by atoms with Crippen molar-refractivity contribution >= 4 is 56.4 Å². The summed E-state index contributed by atoms with van der Waals surface area (Å²) in [6.45, 7) is 11.3.